The maximum atomic E-state index is 5.47. The lowest BCUT2D eigenvalue weighted by Gasteiger charge is -2.32. The van der Waals surface area contributed by atoms with Gasteiger partial charge in [0.15, 0.2) is 5.96 Å². The van der Waals surface area contributed by atoms with Gasteiger partial charge in [-0.2, -0.15) is 0 Å². The zero-order valence-electron chi connectivity index (χ0n) is 15.3. The first-order valence-corrected chi connectivity index (χ1v) is 9.35. The van der Waals surface area contributed by atoms with E-state index < -0.39 is 0 Å². The summed E-state index contributed by atoms with van der Waals surface area (Å²) in [5.41, 5.74) is 0. The van der Waals surface area contributed by atoms with E-state index in [1.807, 2.05) is 0 Å². The van der Waals surface area contributed by atoms with Crippen LogP contribution in [0.15, 0.2) is 4.99 Å². The monoisotopic (exact) mass is 325 g/mol. The summed E-state index contributed by atoms with van der Waals surface area (Å²) in [5.74, 6) is 1.09. The Hall–Kier alpha value is -0.850. The molecule has 1 atom stereocenters. The van der Waals surface area contributed by atoms with Crippen molar-refractivity contribution in [3.63, 3.8) is 0 Å². The molecule has 0 aliphatic carbocycles. The topological polar surface area (TPSA) is 43.3 Å². The summed E-state index contributed by atoms with van der Waals surface area (Å²) < 4.78 is 5.47. The molecule has 6 heteroatoms. The van der Waals surface area contributed by atoms with Gasteiger partial charge in [0.1, 0.15) is 0 Å². The summed E-state index contributed by atoms with van der Waals surface area (Å²) >= 11 is 0. The Morgan fingerprint density at radius 1 is 1.17 bits per heavy atom. The second-order valence-corrected chi connectivity index (χ2v) is 6.30. The summed E-state index contributed by atoms with van der Waals surface area (Å²) in [7, 11) is 0. The second kappa shape index (κ2) is 10.1. The van der Waals surface area contributed by atoms with Crippen molar-refractivity contribution in [3.05, 3.63) is 0 Å². The van der Waals surface area contributed by atoms with Gasteiger partial charge in [0.05, 0.1) is 19.8 Å². The van der Waals surface area contributed by atoms with Crippen LogP contribution in [0.1, 0.15) is 27.2 Å². The zero-order chi connectivity index (χ0) is 16.5. The molecule has 0 aromatic rings. The minimum atomic E-state index is 0.658. The predicted molar refractivity (Wildman–Crippen MR) is 96.1 cm³/mol. The van der Waals surface area contributed by atoms with Crippen molar-refractivity contribution in [1.82, 2.24) is 20.0 Å². The molecule has 23 heavy (non-hydrogen) atoms. The Labute approximate surface area is 141 Å². The highest BCUT2D eigenvalue weighted by molar-refractivity contribution is 5.80. The summed E-state index contributed by atoms with van der Waals surface area (Å²) in [5, 5.41) is 3.47. The molecule has 0 aromatic heterocycles. The molecule has 2 aliphatic heterocycles. The normalized spacial score (nSPS) is 23.7. The van der Waals surface area contributed by atoms with E-state index in [0.717, 1.165) is 78.1 Å². The lowest BCUT2D eigenvalue weighted by molar-refractivity contribution is 0.0195. The molecule has 6 nitrogen and oxygen atoms in total. The lowest BCUT2D eigenvalue weighted by atomic mass is 10.2. The molecule has 2 rings (SSSR count). The van der Waals surface area contributed by atoms with Gasteiger partial charge in [-0.3, -0.25) is 9.89 Å². The minimum Gasteiger partial charge on any atom is -0.379 e. The van der Waals surface area contributed by atoms with Crippen LogP contribution in [0.25, 0.3) is 0 Å². The van der Waals surface area contributed by atoms with Crippen LogP contribution in [0.2, 0.25) is 0 Å². The third kappa shape index (κ3) is 5.62. The van der Waals surface area contributed by atoms with Crippen LogP contribution in [0.3, 0.4) is 0 Å². The number of aliphatic imine (C=N–C) groups is 1. The van der Waals surface area contributed by atoms with Crippen molar-refractivity contribution in [2.45, 2.75) is 33.2 Å². The number of likely N-dealkylation sites (N-methyl/N-ethyl adjacent to an activating group) is 1. The number of hydrogen-bond donors (Lipinski definition) is 1. The van der Waals surface area contributed by atoms with E-state index >= 15 is 0 Å². The third-order valence-electron chi connectivity index (χ3n) is 4.93. The molecule has 2 heterocycles. The van der Waals surface area contributed by atoms with Gasteiger partial charge in [-0.05, 0) is 26.4 Å². The second-order valence-electron chi connectivity index (χ2n) is 6.30. The molecule has 2 aliphatic rings. The molecular formula is C17H35N5O. The van der Waals surface area contributed by atoms with Crippen LogP contribution in [0.5, 0.6) is 0 Å². The van der Waals surface area contributed by atoms with Crippen molar-refractivity contribution >= 4 is 5.96 Å². The molecule has 0 saturated carbocycles. The number of nitrogens with one attached hydrogen (secondary N) is 1. The minimum absolute atomic E-state index is 0.658. The summed E-state index contributed by atoms with van der Waals surface area (Å²) in [6.45, 7) is 17.8. The fourth-order valence-corrected chi connectivity index (χ4v) is 3.44. The average Bonchev–Trinajstić information content (AvgIpc) is 3.08. The molecule has 0 amide bonds. The van der Waals surface area contributed by atoms with E-state index in [0.29, 0.717) is 6.04 Å². The van der Waals surface area contributed by atoms with Gasteiger partial charge in [0.2, 0.25) is 0 Å². The van der Waals surface area contributed by atoms with Gasteiger partial charge in [0, 0.05) is 45.3 Å². The SMILES string of the molecule is CCNC(=NCCN(CC)CC)N1CCC(N2CCOCC2)C1. The maximum absolute atomic E-state index is 5.47. The molecule has 1 N–H and O–H groups in total. The number of morpholine rings is 1. The van der Waals surface area contributed by atoms with E-state index in [1.165, 1.54) is 6.42 Å². The molecule has 0 radical (unpaired) electrons. The smallest absolute Gasteiger partial charge is 0.194 e. The van der Waals surface area contributed by atoms with E-state index in [9.17, 15) is 0 Å². The Kier molecular flexibility index (Phi) is 8.12. The van der Waals surface area contributed by atoms with Crippen LogP contribution in [0.4, 0.5) is 0 Å². The highest BCUT2D eigenvalue weighted by Crippen LogP contribution is 2.17. The van der Waals surface area contributed by atoms with E-state index in [-0.39, 0.29) is 0 Å². The maximum Gasteiger partial charge on any atom is 0.194 e. The van der Waals surface area contributed by atoms with Crippen LogP contribution in [-0.4, -0.2) is 98.8 Å². The molecular weight excluding hydrogens is 290 g/mol. The van der Waals surface area contributed by atoms with Crippen LogP contribution in [0, 0.1) is 0 Å². The van der Waals surface area contributed by atoms with Gasteiger partial charge in [-0.25, -0.2) is 0 Å². The number of ether oxygens (including phenoxy) is 1. The predicted octanol–water partition coefficient (Wildman–Crippen LogP) is 0.700. The molecule has 1 unspecified atom stereocenters. The first-order valence-electron chi connectivity index (χ1n) is 9.35. The average molecular weight is 326 g/mol. The van der Waals surface area contributed by atoms with Gasteiger partial charge in [-0.1, -0.05) is 13.8 Å². The zero-order valence-corrected chi connectivity index (χ0v) is 15.3. The highest BCUT2D eigenvalue weighted by atomic mass is 16.5. The summed E-state index contributed by atoms with van der Waals surface area (Å²) in [6.07, 6.45) is 1.24. The summed E-state index contributed by atoms with van der Waals surface area (Å²) in [6, 6.07) is 0.658. The number of likely N-dealkylation sites (tertiary alicyclic amines) is 1. The van der Waals surface area contributed by atoms with E-state index in [4.69, 9.17) is 9.73 Å². The first kappa shape index (κ1) is 18.5. The fourth-order valence-electron chi connectivity index (χ4n) is 3.44. The Bertz CT molecular complexity index is 353. The van der Waals surface area contributed by atoms with Crippen molar-refractivity contribution in [3.8, 4) is 0 Å². The van der Waals surface area contributed by atoms with Crippen molar-refractivity contribution < 1.29 is 4.74 Å². The van der Waals surface area contributed by atoms with Crippen LogP contribution in [-0.2, 0) is 4.74 Å². The quantitative estimate of drug-likeness (QED) is 0.551. The van der Waals surface area contributed by atoms with Crippen LogP contribution >= 0.6 is 0 Å². The van der Waals surface area contributed by atoms with E-state index in [2.05, 4.69) is 40.8 Å². The number of rotatable bonds is 7. The van der Waals surface area contributed by atoms with Crippen LogP contribution < -0.4 is 5.32 Å². The van der Waals surface area contributed by atoms with Crippen molar-refractivity contribution in [2.24, 2.45) is 4.99 Å². The van der Waals surface area contributed by atoms with Gasteiger partial charge < -0.3 is 19.9 Å². The van der Waals surface area contributed by atoms with E-state index in [1.54, 1.807) is 0 Å². The molecule has 2 saturated heterocycles. The highest BCUT2D eigenvalue weighted by Gasteiger charge is 2.30. The standard InChI is InChI=1S/C17H35N5O/c1-4-18-17(19-8-10-20(5-2)6-3)22-9-7-16(15-22)21-11-13-23-14-12-21/h16H,4-15H2,1-3H3,(H,18,19). The van der Waals surface area contributed by atoms with Crippen molar-refractivity contribution in [1.29, 1.82) is 0 Å². The molecule has 134 valence electrons. The summed E-state index contributed by atoms with van der Waals surface area (Å²) in [4.78, 5) is 12.3. The van der Waals surface area contributed by atoms with Gasteiger partial charge in [0.25, 0.3) is 0 Å². The third-order valence-corrected chi connectivity index (χ3v) is 4.93. The molecule has 2 fully saturated rings. The molecule has 0 aromatic carbocycles. The Morgan fingerprint density at radius 2 is 1.91 bits per heavy atom. The largest absolute Gasteiger partial charge is 0.379 e. The first-order chi connectivity index (χ1) is 11.3. The lowest BCUT2D eigenvalue weighted by Crippen LogP contribution is -2.46. The number of nitrogens with zero attached hydrogens (tertiary/aromatic N) is 4. The molecule has 0 bridgehead atoms. The Morgan fingerprint density at radius 3 is 2.57 bits per heavy atom. The Balaban J connectivity index is 1.85. The fraction of sp³-hybridized carbons (Fsp3) is 0.941. The van der Waals surface area contributed by atoms with Gasteiger partial charge >= 0.3 is 0 Å². The number of hydrogen-bond acceptors (Lipinski definition) is 4. The number of guanidine groups is 1. The molecule has 0 spiro atoms. The van der Waals surface area contributed by atoms with Gasteiger partial charge in [-0.15, -0.1) is 0 Å². The van der Waals surface area contributed by atoms with Crippen molar-refractivity contribution in [2.75, 3.05) is 72.1 Å².